The summed E-state index contributed by atoms with van der Waals surface area (Å²) in [5.41, 5.74) is 0.613. The van der Waals surface area contributed by atoms with Gasteiger partial charge in [0.1, 0.15) is 23.0 Å². The molecule has 1 aliphatic heterocycles. The van der Waals surface area contributed by atoms with Gasteiger partial charge in [-0.1, -0.05) is 18.2 Å². The molecule has 0 unspecified atom stereocenters. The third-order valence-corrected chi connectivity index (χ3v) is 5.46. The number of anilines is 1. The third kappa shape index (κ3) is 7.17. The van der Waals surface area contributed by atoms with Gasteiger partial charge in [0, 0.05) is 37.2 Å². The Morgan fingerprint density at radius 1 is 1.14 bits per heavy atom. The SMILES string of the molecule is O=C(C=Cc1cccc(Oc2ccnc(C3=NCCN3)c2)c1)Nc1ccc(CCCO)c(C(F)(F)F)c1. The molecule has 0 fully saturated rings. The van der Waals surface area contributed by atoms with Gasteiger partial charge in [-0.3, -0.25) is 14.8 Å². The summed E-state index contributed by atoms with van der Waals surface area (Å²) >= 11 is 0. The fourth-order valence-corrected chi connectivity index (χ4v) is 3.75. The van der Waals surface area contributed by atoms with E-state index in [1.165, 1.54) is 24.3 Å². The molecule has 192 valence electrons. The van der Waals surface area contributed by atoms with Gasteiger partial charge < -0.3 is 20.5 Å². The van der Waals surface area contributed by atoms with Gasteiger partial charge in [-0.25, -0.2) is 0 Å². The van der Waals surface area contributed by atoms with Crippen molar-refractivity contribution in [2.24, 2.45) is 4.99 Å². The number of aliphatic hydroxyl groups is 1. The van der Waals surface area contributed by atoms with Crippen molar-refractivity contribution in [1.29, 1.82) is 0 Å². The Labute approximate surface area is 211 Å². The smallest absolute Gasteiger partial charge is 0.416 e. The second-order valence-corrected chi connectivity index (χ2v) is 8.23. The highest BCUT2D eigenvalue weighted by atomic mass is 19.4. The van der Waals surface area contributed by atoms with E-state index < -0.39 is 17.6 Å². The maximum absolute atomic E-state index is 13.4. The van der Waals surface area contributed by atoms with Crippen molar-refractivity contribution in [2.75, 3.05) is 25.0 Å². The van der Waals surface area contributed by atoms with Crippen molar-refractivity contribution in [3.05, 3.63) is 89.3 Å². The molecule has 0 bridgehead atoms. The van der Waals surface area contributed by atoms with Crippen molar-refractivity contribution < 1.29 is 27.8 Å². The summed E-state index contributed by atoms with van der Waals surface area (Å²) in [7, 11) is 0. The van der Waals surface area contributed by atoms with Gasteiger partial charge in [-0.15, -0.1) is 0 Å². The van der Waals surface area contributed by atoms with E-state index in [1.54, 1.807) is 42.6 Å². The molecule has 1 aliphatic rings. The van der Waals surface area contributed by atoms with Gasteiger partial charge in [0.15, 0.2) is 0 Å². The number of aliphatic hydroxyl groups excluding tert-OH is 1. The van der Waals surface area contributed by atoms with E-state index in [4.69, 9.17) is 9.84 Å². The zero-order chi connectivity index (χ0) is 26.3. The van der Waals surface area contributed by atoms with Crippen LogP contribution in [0.3, 0.4) is 0 Å². The van der Waals surface area contributed by atoms with Crippen LogP contribution in [0.2, 0.25) is 0 Å². The van der Waals surface area contributed by atoms with Gasteiger partial charge >= 0.3 is 6.18 Å². The predicted octanol–water partition coefficient (Wildman–Crippen LogP) is 4.82. The highest BCUT2D eigenvalue weighted by Crippen LogP contribution is 2.34. The third-order valence-electron chi connectivity index (χ3n) is 5.46. The van der Waals surface area contributed by atoms with Crippen LogP contribution in [0.4, 0.5) is 18.9 Å². The van der Waals surface area contributed by atoms with Gasteiger partial charge in [0.2, 0.25) is 5.91 Å². The number of carbonyl (C=O) groups excluding carboxylic acids is 1. The summed E-state index contributed by atoms with van der Waals surface area (Å²) < 4.78 is 46.3. The quantitative estimate of drug-likeness (QED) is 0.359. The van der Waals surface area contributed by atoms with Crippen molar-refractivity contribution >= 4 is 23.5 Å². The largest absolute Gasteiger partial charge is 0.457 e. The zero-order valence-corrected chi connectivity index (χ0v) is 19.8. The number of aryl methyl sites for hydroxylation is 1. The lowest BCUT2D eigenvalue weighted by Gasteiger charge is -2.14. The first-order valence-electron chi connectivity index (χ1n) is 11.6. The Kier molecular flexibility index (Phi) is 8.19. The molecule has 2 aromatic carbocycles. The molecule has 4 rings (SSSR count). The highest BCUT2D eigenvalue weighted by Gasteiger charge is 2.33. The van der Waals surface area contributed by atoms with Crippen LogP contribution in [-0.2, 0) is 17.4 Å². The number of aromatic nitrogens is 1. The molecule has 7 nitrogen and oxygen atoms in total. The molecule has 10 heteroatoms. The van der Waals surface area contributed by atoms with Gasteiger partial charge in [-0.2, -0.15) is 13.2 Å². The minimum absolute atomic E-state index is 0.0293. The predicted molar refractivity (Wildman–Crippen MR) is 135 cm³/mol. The molecule has 1 aromatic heterocycles. The monoisotopic (exact) mass is 510 g/mol. The average Bonchev–Trinajstić information content (AvgIpc) is 3.42. The number of amides is 1. The maximum atomic E-state index is 13.4. The molecular formula is C27H25F3N4O3. The van der Waals surface area contributed by atoms with E-state index in [0.29, 0.717) is 29.3 Å². The Balaban J connectivity index is 1.42. The van der Waals surface area contributed by atoms with E-state index in [9.17, 15) is 18.0 Å². The molecule has 1 amide bonds. The molecule has 0 saturated heterocycles. The molecule has 0 atom stereocenters. The molecule has 0 spiro atoms. The molecule has 3 aromatic rings. The lowest BCUT2D eigenvalue weighted by Crippen LogP contribution is -2.20. The van der Waals surface area contributed by atoms with Crippen molar-refractivity contribution in [3.63, 3.8) is 0 Å². The summed E-state index contributed by atoms with van der Waals surface area (Å²) in [5, 5.41) is 14.6. The zero-order valence-electron chi connectivity index (χ0n) is 19.8. The highest BCUT2D eigenvalue weighted by molar-refractivity contribution is 6.02. The minimum Gasteiger partial charge on any atom is -0.457 e. The number of carbonyl (C=O) groups is 1. The number of hydrogen-bond donors (Lipinski definition) is 3. The van der Waals surface area contributed by atoms with Crippen LogP contribution in [0.15, 0.2) is 71.9 Å². The molecule has 0 radical (unpaired) electrons. The van der Waals surface area contributed by atoms with Crippen molar-refractivity contribution in [3.8, 4) is 11.5 Å². The van der Waals surface area contributed by atoms with E-state index in [1.807, 2.05) is 0 Å². The number of aliphatic imine (C=N–C) groups is 1. The van der Waals surface area contributed by atoms with Gasteiger partial charge in [0.25, 0.3) is 0 Å². The number of hydrogen-bond acceptors (Lipinski definition) is 6. The lowest BCUT2D eigenvalue weighted by molar-refractivity contribution is -0.138. The Morgan fingerprint density at radius 3 is 2.73 bits per heavy atom. The summed E-state index contributed by atoms with van der Waals surface area (Å²) in [4.78, 5) is 21.0. The Hall–Kier alpha value is -4.18. The van der Waals surface area contributed by atoms with E-state index >= 15 is 0 Å². The fourth-order valence-electron chi connectivity index (χ4n) is 3.75. The van der Waals surface area contributed by atoms with Crippen LogP contribution in [0.1, 0.15) is 28.8 Å². The van der Waals surface area contributed by atoms with Crippen LogP contribution in [0, 0.1) is 0 Å². The summed E-state index contributed by atoms with van der Waals surface area (Å²) in [5.74, 6) is 1.25. The first-order valence-corrected chi connectivity index (χ1v) is 11.6. The van der Waals surface area contributed by atoms with E-state index in [2.05, 4.69) is 20.6 Å². The second kappa shape index (κ2) is 11.7. The van der Waals surface area contributed by atoms with Crippen LogP contribution in [0.25, 0.3) is 6.08 Å². The number of ether oxygens (including phenoxy) is 1. The molecule has 0 saturated carbocycles. The number of nitrogens with zero attached hydrogens (tertiary/aromatic N) is 2. The van der Waals surface area contributed by atoms with Crippen LogP contribution in [0.5, 0.6) is 11.5 Å². The Morgan fingerprint density at radius 2 is 1.97 bits per heavy atom. The average molecular weight is 511 g/mol. The van der Waals surface area contributed by atoms with Crippen molar-refractivity contribution in [2.45, 2.75) is 19.0 Å². The van der Waals surface area contributed by atoms with Gasteiger partial charge in [-0.05, 0) is 60.4 Å². The van der Waals surface area contributed by atoms with Crippen LogP contribution < -0.4 is 15.4 Å². The number of rotatable bonds is 9. The number of nitrogens with one attached hydrogen (secondary N) is 2. The topological polar surface area (TPSA) is 95.8 Å². The molecule has 0 aliphatic carbocycles. The normalized spacial score (nSPS) is 13.4. The summed E-state index contributed by atoms with van der Waals surface area (Å²) in [6, 6.07) is 14.2. The molecular weight excluding hydrogens is 485 g/mol. The van der Waals surface area contributed by atoms with Crippen molar-refractivity contribution in [1.82, 2.24) is 10.3 Å². The number of benzene rings is 2. The first kappa shape index (κ1) is 25.9. The molecule has 3 N–H and O–H groups in total. The standard InChI is InChI=1S/C27H25F3N4O3/c28-27(29,30)23-16-20(8-7-19(23)4-2-14-35)34-25(36)9-6-18-3-1-5-21(15-18)37-22-10-11-31-24(17-22)26-32-12-13-33-26/h1,3,5-11,15-17,35H,2,4,12-14H2,(H,32,33)(H,34,36). The van der Waals surface area contributed by atoms with Crippen LogP contribution >= 0.6 is 0 Å². The van der Waals surface area contributed by atoms with Gasteiger partial charge in [0.05, 0.1) is 12.1 Å². The number of pyridine rings is 1. The number of amidine groups is 1. The lowest BCUT2D eigenvalue weighted by atomic mass is 10.0. The number of halogens is 3. The minimum atomic E-state index is -4.57. The summed E-state index contributed by atoms with van der Waals surface area (Å²) in [6.45, 7) is 1.26. The van der Waals surface area contributed by atoms with Crippen LogP contribution in [-0.4, -0.2) is 41.5 Å². The molecule has 2 heterocycles. The fraction of sp³-hybridized carbons (Fsp3) is 0.222. The maximum Gasteiger partial charge on any atom is 0.416 e. The van der Waals surface area contributed by atoms with E-state index in [-0.39, 0.29) is 30.7 Å². The Bertz CT molecular complexity index is 1320. The first-order chi connectivity index (χ1) is 17.8. The summed E-state index contributed by atoms with van der Waals surface area (Å²) in [6.07, 6.45) is 0.140. The number of alkyl halides is 3. The molecule has 37 heavy (non-hydrogen) atoms. The second-order valence-electron chi connectivity index (χ2n) is 8.23. The van der Waals surface area contributed by atoms with E-state index in [0.717, 1.165) is 18.4 Å².